The average Bonchev–Trinajstić information content (AvgIpc) is 2.32. The van der Waals surface area contributed by atoms with Crippen LogP contribution >= 0.6 is 38.5 Å². The summed E-state index contributed by atoms with van der Waals surface area (Å²) >= 11 is 5.52. The summed E-state index contributed by atoms with van der Waals surface area (Å²) in [5.41, 5.74) is 1.53. The molecule has 0 spiro atoms. The van der Waals surface area contributed by atoms with E-state index in [1.54, 1.807) is 6.20 Å². The standard InChI is InChI=1S/C13H9BrINO/c14-10-4-5-12(16-8-10)7-13(17)9-2-1-3-11(15)6-9/h1-6,8H,7H2. The number of carbonyl (C=O) groups is 1. The molecule has 0 atom stereocenters. The summed E-state index contributed by atoms with van der Waals surface area (Å²) in [6, 6.07) is 11.3. The molecular formula is C13H9BrINO. The summed E-state index contributed by atoms with van der Waals surface area (Å²) in [6.45, 7) is 0. The Morgan fingerprint density at radius 3 is 2.76 bits per heavy atom. The van der Waals surface area contributed by atoms with Crippen molar-refractivity contribution in [3.8, 4) is 0 Å². The Kier molecular flexibility index (Phi) is 4.28. The van der Waals surface area contributed by atoms with Gasteiger partial charge in [0.05, 0.1) is 6.42 Å². The third-order valence-electron chi connectivity index (χ3n) is 2.28. The van der Waals surface area contributed by atoms with E-state index in [9.17, 15) is 4.79 Å². The summed E-state index contributed by atoms with van der Waals surface area (Å²) in [5, 5.41) is 0. The molecule has 0 radical (unpaired) electrons. The van der Waals surface area contributed by atoms with Gasteiger partial charge in [0.2, 0.25) is 0 Å². The highest BCUT2D eigenvalue weighted by Crippen LogP contribution is 2.12. The van der Waals surface area contributed by atoms with Gasteiger partial charge in [0.1, 0.15) is 0 Å². The van der Waals surface area contributed by atoms with Crippen LogP contribution in [0.1, 0.15) is 16.1 Å². The molecule has 0 amide bonds. The number of halogens is 2. The summed E-state index contributed by atoms with van der Waals surface area (Å²) in [5.74, 6) is 0.0957. The van der Waals surface area contributed by atoms with Crippen molar-refractivity contribution in [1.29, 1.82) is 0 Å². The molecule has 1 aromatic carbocycles. The number of aromatic nitrogens is 1. The zero-order valence-corrected chi connectivity index (χ0v) is 12.6. The van der Waals surface area contributed by atoms with Gasteiger partial charge in [0.15, 0.2) is 5.78 Å². The van der Waals surface area contributed by atoms with E-state index in [1.165, 1.54) is 0 Å². The first-order valence-electron chi connectivity index (χ1n) is 5.04. The van der Waals surface area contributed by atoms with E-state index in [0.29, 0.717) is 6.42 Å². The van der Waals surface area contributed by atoms with Gasteiger partial charge < -0.3 is 0 Å². The first-order chi connectivity index (χ1) is 8.15. The molecule has 0 N–H and O–H groups in total. The van der Waals surface area contributed by atoms with E-state index in [4.69, 9.17) is 0 Å². The van der Waals surface area contributed by atoms with Crippen LogP contribution in [0.4, 0.5) is 0 Å². The molecule has 2 rings (SSSR count). The van der Waals surface area contributed by atoms with Crippen LogP contribution in [0.15, 0.2) is 47.1 Å². The minimum Gasteiger partial charge on any atom is -0.294 e. The normalized spacial score (nSPS) is 10.2. The SMILES string of the molecule is O=C(Cc1ccc(Br)cn1)c1cccc(I)c1. The molecule has 0 bridgehead atoms. The molecule has 0 fully saturated rings. The Hall–Kier alpha value is -0.750. The second-order valence-electron chi connectivity index (χ2n) is 3.58. The van der Waals surface area contributed by atoms with Crippen LogP contribution in [-0.4, -0.2) is 10.8 Å². The molecule has 17 heavy (non-hydrogen) atoms. The van der Waals surface area contributed by atoms with Crippen molar-refractivity contribution in [2.75, 3.05) is 0 Å². The number of hydrogen-bond donors (Lipinski definition) is 0. The molecule has 1 aromatic heterocycles. The maximum Gasteiger partial charge on any atom is 0.168 e. The lowest BCUT2D eigenvalue weighted by Gasteiger charge is -2.01. The highest BCUT2D eigenvalue weighted by atomic mass is 127. The number of rotatable bonds is 3. The fourth-order valence-corrected chi connectivity index (χ4v) is 2.22. The third-order valence-corrected chi connectivity index (χ3v) is 3.42. The van der Waals surface area contributed by atoms with Gasteiger partial charge in [-0.05, 0) is 62.8 Å². The van der Waals surface area contributed by atoms with E-state index in [2.05, 4.69) is 43.5 Å². The Balaban J connectivity index is 2.14. The summed E-state index contributed by atoms with van der Waals surface area (Å²) in [7, 11) is 0. The van der Waals surface area contributed by atoms with Gasteiger partial charge in [-0.1, -0.05) is 12.1 Å². The third kappa shape index (κ3) is 3.61. The summed E-state index contributed by atoms with van der Waals surface area (Å²) in [6.07, 6.45) is 2.05. The lowest BCUT2D eigenvalue weighted by molar-refractivity contribution is 0.0992. The Bertz CT molecular complexity index is 539. The van der Waals surface area contributed by atoms with Gasteiger partial charge in [-0.3, -0.25) is 9.78 Å². The van der Waals surface area contributed by atoms with Crippen LogP contribution in [0.25, 0.3) is 0 Å². The topological polar surface area (TPSA) is 30.0 Å². The minimum atomic E-state index is 0.0957. The largest absolute Gasteiger partial charge is 0.294 e. The van der Waals surface area contributed by atoms with E-state index in [0.717, 1.165) is 19.3 Å². The Morgan fingerprint density at radius 1 is 1.29 bits per heavy atom. The molecule has 1 heterocycles. The van der Waals surface area contributed by atoms with Crippen LogP contribution in [0, 0.1) is 3.57 Å². The molecule has 2 nitrogen and oxygen atoms in total. The maximum atomic E-state index is 12.0. The van der Waals surface area contributed by atoms with Crippen LogP contribution in [-0.2, 0) is 6.42 Å². The van der Waals surface area contributed by atoms with Crippen molar-refractivity contribution in [3.63, 3.8) is 0 Å². The molecule has 0 saturated heterocycles. The average molecular weight is 402 g/mol. The minimum absolute atomic E-state index is 0.0957. The highest BCUT2D eigenvalue weighted by molar-refractivity contribution is 14.1. The first-order valence-corrected chi connectivity index (χ1v) is 6.91. The van der Waals surface area contributed by atoms with Crippen LogP contribution in [0.2, 0.25) is 0 Å². The van der Waals surface area contributed by atoms with Gasteiger partial charge in [-0.15, -0.1) is 0 Å². The maximum absolute atomic E-state index is 12.0. The van der Waals surface area contributed by atoms with Gasteiger partial charge in [-0.2, -0.15) is 0 Å². The smallest absolute Gasteiger partial charge is 0.168 e. The van der Waals surface area contributed by atoms with Crippen molar-refractivity contribution >= 4 is 44.3 Å². The predicted molar refractivity (Wildman–Crippen MR) is 79.1 cm³/mol. The van der Waals surface area contributed by atoms with E-state index < -0.39 is 0 Å². The van der Waals surface area contributed by atoms with Crippen molar-refractivity contribution in [3.05, 3.63) is 61.9 Å². The van der Waals surface area contributed by atoms with Crippen LogP contribution in [0.5, 0.6) is 0 Å². The fourth-order valence-electron chi connectivity index (χ4n) is 1.44. The molecular weight excluding hydrogens is 393 g/mol. The van der Waals surface area contributed by atoms with Crippen LogP contribution < -0.4 is 0 Å². The molecule has 0 aliphatic rings. The number of hydrogen-bond acceptors (Lipinski definition) is 2. The second-order valence-corrected chi connectivity index (χ2v) is 5.74. The molecule has 86 valence electrons. The number of pyridine rings is 1. The quantitative estimate of drug-likeness (QED) is 0.577. The van der Waals surface area contributed by atoms with Crippen LogP contribution in [0.3, 0.4) is 0 Å². The number of ketones is 1. The van der Waals surface area contributed by atoms with Crippen molar-refractivity contribution in [1.82, 2.24) is 4.98 Å². The van der Waals surface area contributed by atoms with Crippen molar-refractivity contribution < 1.29 is 4.79 Å². The highest BCUT2D eigenvalue weighted by Gasteiger charge is 2.08. The number of carbonyl (C=O) groups excluding carboxylic acids is 1. The van der Waals surface area contributed by atoms with Crippen molar-refractivity contribution in [2.24, 2.45) is 0 Å². The molecule has 0 aliphatic carbocycles. The first kappa shape index (κ1) is 12.7. The monoisotopic (exact) mass is 401 g/mol. The Morgan fingerprint density at radius 2 is 2.12 bits per heavy atom. The summed E-state index contributed by atoms with van der Waals surface area (Å²) in [4.78, 5) is 16.2. The lowest BCUT2D eigenvalue weighted by atomic mass is 10.1. The van der Waals surface area contributed by atoms with E-state index in [-0.39, 0.29) is 5.78 Å². The fraction of sp³-hybridized carbons (Fsp3) is 0.0769. The van der Waals surface area contributed by atoms with Gasteiger partial charge >= 0.3 is 0 Å². The molecule has 2 aromatic rings. The molecule has 4 heteroatoms. The Labute approximate surface area is 122 Å². The summed E-state index contributed by atoms with van der Waals surface area (Å²) < 4.78 is 1.99. The van der Waals surface area contributed by atoms with Gasteiger partial charge in [-0.25, -0.2) is 0 Å². The number of Topliss-reactive ketones (excluding diaryl/α,β-unsaturated/α-hetero) is 1. The lowest BCUT2D eigenvalue weighted by Crippen LogP contribution is -2.05. The predicted octanol–water partition coefficient (Wildman–Crippen LogP) is 3.87. The zero-order chi connectivity index (χ0) is 12.3. The van der Waals surface area contributed by atoms with Gasteiger partial charge in [0, 0.05) is 25.5 Å². The molecule has 0 unspecified atom stereocenters. The second kappa shape index (κ2) is 5.73. The van der Waals surface area contributed by atoms with Gasteiger partial charge in [0.25, 0.3) is 0 Å². The zero-order valence-electron chi connectivity index (χ0n) is 8.86. The van der Waals surface area contributed by atoms with E-state index >= 15 is 0 Å². The number of nitrogens with zero attached hydrogens (tertiary/aromatic N) is 1. The molecule has 0 saturated carbocycles. The number of benzene rings is 1. The molecule has 0 aliphatic heterocycles. The van der Waals surface area contributed by atoms with E-state index in [1.807, 2.05) is 36.4 Å². The van der Waals surface area contributed by atoms with Crippen molar-refractivity contribution in [2.45, 2.75) is 6.42 Å².